The van der Waals surface area contributed by atoms with Crippen LogP contribution in [0.3, 0.4) is 0 Å². The molecule has 194 valence electrons. The SMILES string of the molecule is NC(=O)c1ccc2c(c1[C@H](CO)Cc1c[nH]c3ccccc13)-c1ccc(C(=O)N3CCOCC3)cc1CO2. The van der Waals surface area contributed by atoms with Gasteiger partial charge in [0, 0.05) is 52.8 Å². The first kappa shape index (κ1) is 24.2. The molecule has 0 saturated carbocycles. The van der Waals surface area contributed by atoms with Crippen LogP contribution in [0.1, 0.15) is 43.3 Å². The van der Waals surface area contributed by atoms with E-state index in [1.807, 2.05) is 48.7 Å². The van der Waals surface area contributed by atoms with Crippen LogP contribution in [0.15, 0.2) is 60.8 Å². The van der Waals surface area contributed by atoms with Crippen LogP contribution in [-0.4, -0.2) is 59.7 Å². The summed E-state index contributed by atoms with van der Waals surface area (Å²) >= 11 is 0. The maximum absolute atomic E-state index is 13.1. The quantitative estimate of drug-likeness (QED) is 0.366. The maximum Gasteiger partial charge on any atom is 0.254 e. The molecule has 1 atom stereocenters. The van der Waals surface area contributed by atoms with E-state index in [0.717, 1.165) is 33.2 Å². The molecule has 0 unspecified atom stereocenters. The number of amides is 2. The zero-order valence-electron chi connectivity index (χ0n) is 20.9. The Bertz CT molecular complexity index is 1540. The molecule has 2 aliphatic heterocycles. The molecule has 3 aromatic carbocycles. The molecule has 2 aliphatic rings. The Balaban J connectivity index is 1.44. The van der Waals surface area contributed by atoms with Crippen LogP contribution in [0.4, 0.5) is 0 Å². The van der Waals surface area contributed by atoms with Gasteiger partial charge >= 0.3 is 0 Å². The highest BCUT2D eigenvalue weighted by molar-refractivity contribution is 5.99. The lowest BCUT2D eigenvalue weighted by Crippen LogP contribution is -2.40. The summed E-state index contributed by atoms with van der Waals surface area (Å²) in [4.78, 5) is 30.8. The Kier molecular flexibility index (Phi) is 6.35. The second-order valence-corrected chi connectivity index (χ2v) is 9.77. The van der Waals surface area contributed by atoms with Crippen molar-refractivity contribution in [2.24, 2.45) is 5.73 Å². The molecular formula is C30H29N3O5. The highest BCUT2D eigenvalue weighted by Crippen LogP contribution is 2.45. The van der Waals surface area contributed by atoms with Crippen molar-refractivity contribution in [3.63, 3.8) is 0 Å². The number of aromatic nitrogens is 1. The number of benzene rings is 3. The zero-order valence-corrected chi connectivity index (χ0v) is 20.9. The zero-order chi connectivity index (χ0) is 26.2. The molecular weight excluding hydrogens is 482 g/mol. The Hall–Kier alpha value is -4.14. The fourth-order valence-electron chi connectivity index (χ4n) is 5.65. The van der Waals surface area contributed by atoms with E-state index in [0.29, 0.717) is 61.8 Å². The summed E-state index contributed by atoms with van der Waals surface area (Å²) in [7, 11) is 0. The van der Waals surface area contributed by atoms with Crippen LogP contribution < -0.4 is 10.5 Å². The number of ether oxygens (including phenoxy) is 2. The minimum absolute atomic E-state index is 0.0411. The summed E-state index contributed by atoms with van der Waals surface area (Å²) in [5.41, 5.74) is 12.0. The fourth-order valence-corrected chi connectivity index (χ4v) is 5.65. The minimum atomic E-state index is -0.564. The molecule has 38 heavy (non-hydrogen) atoms. The number of aliphatic hydroxyl groups excluding tert-OH is 1. The lowest BCUT2D eigenvalue weighted by Gasteiger charge is -2.29. The fraction of sp³-hybridized carbons (Fsp3) is 0.267. The molecule has 2 amide bonds. The summed E-state index contributed by atoms with van der Waals surface area (Å²) in [5.74, 6) is -0.384. The topological polar surface area (TPSA) is 118 Å². The van der Waals surface area contributed by atoms with Gasteiger partial charge in [-0.25, -0.2) is 0 Å². The number of nitrogens with one attached hydrogen (secondary N) is 1. The van der Waals surface area contributed by atoms with Crippen LogP contribution in [0.5, 0.6) is 5.75 Å². The van der Waals surface area contributed by atoms with Crippen molar-refractivity contribution in [1.29, 1.82) is 0 Å². The molecule has 1 aromatic heterocycles. The predicted molar refractivity (Wildman–Crippen MR) is 143 cm³/mol. The first-order chi connectivity index (χ1) is 18.5. The van der Waals surface area contributed by atoms with Gasteiger partial charge < -0.3 is 30.2 Å². The standard InChI is InChI=1S/C30H29N3O5/c31-29(35)24-7-8-26-28(27(24)20(16-34)14-19-15-32-25-4-2-1-3-22(19)25)23-6-5-18(13-21(23)17-38-26)30(36)33-9-11-37-12-10-33/h1-8,13,15,20,32,34H,9-12,14,16-17H2,(H2,31,35)/t20-/m0/s1. The van der Waals surface area contributed by atoms with E-state index in [1.165, 1.54) is 0 Å². The third-order valence-electron chi connectivity index (χ3n) is 7.55. The van der Waals surface area contributed by atoms with Gasteiger partial charge in [-0.2, -0.15) is 0 Å². The van der Waals surface area contributed by atoms with Gasteiger partial charge in [0.25, 0.3) is 5.91 Å². The number of H-pyrrole nitrogens is 1. The highest BCUT2D eigenvalue weighted by Gasteiger charge is 2.30. The lowest BCUT2D eigenvalue weighted by molar-refractivity contribution is 0.0303. The van der Waals surface area contributed by atoms with E-state index in [2.05, 4.69) is 4.98 Å². The lowest BCUT2D eigenvalue weighted by atomic mass is 9.81. The summed E-state index contributed by atoms with van der Waals surface area (Å²) in [6, 6.07) is 17.0. The van der Waals surface area contributed by atoms with E-state index >= 15 is 0 Å². The Morgan fingerprint density at radius 3 is 2.68 bits per heavy atom. The number of para-hydroxylation sites is 1. The van der Waals surface area contributed by atoms with E-state index in [1.54, 1.807) is 17.0 Å². The molecule has 6 rings (SSSR count). The monoisotopic (exact) mass is 511 g/mol. The van der Waals surface area contributed by atoms with Crippen LogP contribution >= 0.6 is 0 Å². The van der Waals surface area contributed by atoms with Gasteiger partial charge in [-0.1, -0.05) is 24.3 Å². The van der Waals surface area contributed by atoms with Gasteiger partial charge in [0.1, 0.15) is 12.4 Å². The predicted octanol–water partition coefficient (Wildman–Crippen LogP) is 3.62. The molecule has 0 aliphatic carbocycles. The van der Waals surface area contributed by atoms with Crippen molar-refractivity contribution in [3.05, 3.63) is 88.6 Å². The van der Waals surface area contributed by atoms with Crippen molar-refractivity contribution in [2.75, 3.05) is 32.9 Å². The molecule has 3 heterocycles. The van der Waals surface area contributed by atoms with Crippen molar-refractivity contribution in [2.45, 2.75) is 18.9 Å². The van der Waals surface area contributed by atoms with Gasteiger partial charge in [-0.05, 0) is 59.0 Å². The van der Waals surface area contributed by atoms with Crippen molar-refractivity contribution in [1.82, 2.24) is 9.88 Å². The maximum atomic E-state index is 13.1. The van der Waals surface area contributed by atoms with Gasteiger partial charge in [0.15, 0.2) is 0 Å². The molecule has 0 radical (unpaired) electrons. The number of nitrogens with zero attached hydrogens (tertiary/aromatic N) is 1. The van der Waals surface area contributed by atoms with Gasteiger partial charge in [0.2, 0.25) is 5.91 Å². The summed E-state index contributed by atoms with van der Waals surface area (Å²) in [6.07, 6.45) is 2.45. The Morgan fingerprint density at radius 1 is 1.08 bits per heavy atom. The number of aliphatic hydroxyl groups is 1. The molecule has 1 fully saturated rings. The normalized spacial score (nSPS) is 15.4. The number of hydrogen-bond donors (Lipinski definition) is 3. The minimum Gasteiger partial charge on any atom is -0.488 e. The molecule has 1 saturated heterocycles. The van der Waals surface area contributed by atoms with E-state index in [9.17, 15) is 14.7 Å². The summed E-state index contributed by atoms with van der Waals surface area (Å²) in [6.45, 7) is 2.31. The number of aromatic amines is 1. The molecule has 0 spiro atoms. The van der Waals surface area contributed by atoms with Crippen LogP contribution in [-0.2, 0) is 17.8 Å². The van der Waals surface area contributed by atoms with Crippen molar-refractivity contribution in [3.8, 4) is 16.9 Å². The van der Waals surface area contributed by atoms with E-state index in [-0.39, 0.29) is 12.5 Å². The number of carbonyl (C=O) groups excluding carboxylic acids is 2. The van der Waals surface area contributed by atoms with E-state index < -0.39 is 11.8 Å². The number of morpholine rings is 1. The first-order valence-corrected chi connectivity index (χ1v) is 12.8. The molecule has 0 bridgehead atoms. The number of nitrogens with two attached hydrogens (primary N) is 1. The third-order valence-corrected chi connectivity index (χ3v) is 7.55. The Labute approximate surface area is 220 Å². The number of rotatable bonds is 6. The molecule has 8 nitrogen and oxygen atoms in total. The summed E-state index contributed by atoms with van der Waals surface area (Å²) in [5, 5.41) is 11.7. The van der Waals surface area contributed by atoms with Crippen LogP contribution in [0.2, 0.25) is 0 Å². The van der Waals surface area contributed by atoms with Crippen molar-refractivity contribution < 1.29 is 24.2 Å². The van der Waals surface area contributed by atoms with Gasteiger partial charge in [0.05, 0.1) is 19.8 Å². The van der Waals surface area contributed by atoms with Crippen LogP contribution in [0.25, 0.3) is 22.0 Å². The Morgan fingerprint density at radius 2 is 1.89 bits per heavy atom. The largest absolute Gasteiger partial charge is 0.488 e. The van der Waals surface area contributed by atoms with E-state index in [4.69, 9.17) is 15.2 Å². The van der Waals surface area contributed by atoms with Crippen molar-refractivity contribution >= 4 is 22.7 Å². The molecule has 8 heteroatoms. The number of hydrogen-bond acceptors (Lipinski definition) is 5. The number of carbonyl (C=O) groups is 2. The summed E-state index contributed by atoms with van der Waals surface area (Å²) < 4.78 is 11.5. The highest BCUT2D eigenvalue weighted by atomic mass is 16.5. The second-order valence-electron chi connectivity index (χ2n) is 9.77. The third kappa shape index (κ3) is 4.21. The average Bonchev–Trinajstić information content (AvgIpc) is 3.37. The molecule has 4 aromatic rings. The van der Waals surface area contributed by atoms with Gasteiger partial charge in [-0.3, -0.25) is 9.59 Å². The smallest absolute Gasteiger partial charge is 0.254 e. The van der Waals surface area contributed by atoms with Gasteiger partial charge in [-0.15, -0.1) is 0 Å². The second kappa shape index (κ2) is 9.96. The first-order valence-electron chi connectivity index (χ1n) is 12.8. The van der Waals surface area contributed by atoms with Crippen LogP contribution in [0, 0.1) is 0 Å². The molecule has 4 N–H and O–H groups in total. The number of fused-ring (bicyclic) bond motifs is 4. The average molecular weight is 512 g/mol. The number of primary amides is 1.